The van der Waals surface area contributed by atoms with Crippen LogP contribution in [0.5, 0.6) is 0 Å². The number of aromatic nitrogens is 3. The molecule has 2 aliphatic rings. The lowest BCUT2D eigenvalue weighted by molar-refractivity contribution is -0.129. The van der Waals surface area contributed by atoms with Gasteiger partial charge in [0.2, 0.25) is 5.91 Å². The van der Waals surface area contributed by atoms with Gasteiger partial charge in [0.1, 0.15) is 6.04 Å². The van der Waals surface area contributed by atoms with Gasteiger partial charge in [-0.3, -0.25) is 9.59 Å². The summed E-state index contributed by atoms with van der Waals surface area (Å²) in [5, 5.41) is 14.6. The van der Waals surface area contributed by atoms with Crippen LogP contribution in [0.2, 0.25) is 0 Å². The second-order valence-corrected chi connectivity index (χ2v) is 6.93. The molecule has 132 valence electrons. The van der Waals surface area contributed by atoms with E-state index in [1.54, 1.807) is 4.90 Å². The Morgan fingerprint density at radius 2 is 1.96 bits per heavy atom. The van der Waals surface area contributed by atoms with E-state index >= 15 is 0 Å². The molecule has 3 heterocycles. The third-order valence-corrected chi connectivity index (χ3v) is 4.93. The Morgan fingerprint density at radius 3 is 2.62 bits per heavy atom. The van der Waals surface area contributed by atoms with E-state index in [1.807, 2.05) is 25.5 Å². The molecule has 1 aromatic rings. The molecule has 2 saturated heterocycles. The summed E-state index contributed by atoms with van der Waals surface area (Å²) in [4.78, 5) is 26.8. The van der Waals surface area contributed by atoms with Gasteiger partial charge >= 0.3 is 0 Å². The average Bonchev–Trinajstić information content (AvgIpc) is 2.96. The van der Waals surface area contributed by atoms with Crippen LogP contribution >= 0.6 is 0 Å². The highest BCUT2D eigenvalue weighted by Gasteiger charge is 2.37. The van der Waals surface area contributed by atoms with E-state index in [1.165, 1.54) is 0 Å². The van der Waals surface area contributed by atoms with Crippen molar-refractivity contribution in [2.24, 2.45) is 5.92 Å². The molecular formula is C16H26N6O2. The van der Waals surface area contributed by atoms with Gasteiger partial charge in [0.25, 0.3) is 5.91 Å². The topological polar surface area (TPSA) is 92.2 Å². The second-order valence-electron chi connectivity index (χ2n) is 6.93. The summed E-state index contributed by atoms with van der Waals surface area (Å²) in [6, 6.07) is -0.166. The predicted octanol–water partition coefficient (Wildman–Crippen LogP) is 0.108. The largest absolute Gasteiger partial charge is 0.353 e. The highest BCUT2D eigenvalue weighted by Crippen LogP contribution is 2.22. The number of carbonyl (C=O) groups excluding carboxylic acids is 2. The molecule has 1 atom stereocenters. The van der Waals surface area contributed by atoms with Crippen molar-refractivity contribution in [1.29, 1.82) is 0 Å². The Balaban J connectivity index is 1.84. The maximum absolute atomic E-state index is 13.0. The SMILES string of the molecule is Cc1c(C(=O)N2CCNC(=O)C2C(C)C)nnn1C1CCNCC1. The summed E-state index contributed by atoms with van der Waals surface area (Å²) in [6.45, 7) is 8.69. The molecule has 0 saturated carbocycles. The van der Waals surface area contributed by atoms with E-state index in [9.17, 15) is 9.59 Å². The maximum Gasteiger partial charge on any atom is 0.277 e. The number of amides is 2. The fourth-order valence-electron chi connectivity index (χ4n) is 3.65. The Morgan fingerprint density at radius 1 is 1.25 bits per heavy atom. The molecule has 8 heteroatoms. The molecule has 2 amide bonds. The summed E-state index contributed by atoms with van der Waals surface area (Å²) in [6.07, 6.45) is 1.97. The Bertz CT molecular complexity index is 620. The van der Waals surface area contributed by atoms with E-state index in [0.29, 0.717) is 18.8 Å². The average molecular weight is 334 g/mol. The fraction of sp³-hybridized carbons (Fsp3) is 0.750. The van der Waals surface area contributed by atoms with Gasteiger partial charge in [0.05, 0.1) is 11.7 Å². The van der Waals surface area contributed by atoms with Gasteiger partial charge in [-0.1, -0.05) is 19.1 Å². The first kappa shape index (κ1) is 16.9. The van der Waals surface area contributed by atoms with Crippen LogP contribution in [-0.2, 0) is 4.79 Å². The Hall–Kier alpha value is -1.96. The number of carbonyl (C=O) groups is 2. The van der Waals surface area contributed by atoms with Crippen molar-refractivity contribution < 1.29 is 9.59 Å². The molecular weight excluding hydrogens is 308 g/mol. The van der Waals surface area contributed by atoms with Crippen LogP contribution in [0.25, 0.3) is 0 Å². The van der Waals surface area contributed by atoms with E-state index in [4.69, 9.17) is 0 Å². The Kier molecular flexibility index (Phi) is 4.84. The van der Waals surface area contributed by atoms with Gasteiger partial charge in [-0.25, -0.2) is 4.68 Å². The lowest BCUT2D eigenvalue weighted by Gasteiger charge is -2.36. The molecule has 2 aliphatic heterocycles. The third-order valence-electron chi connectivity index (χ3n) is 4.93. The number of rotatable bonds is 3. The third kappa shape index (κ3) is 3.02. The normalized spacial score (nSPS) is 22.8. The minimum absolute atomic E-state index is 0.0500. The van der Waals surface area contributed by atoms with Gasteiger partial charge < -0.3 is 15.5 Å². The van der Waals surface area contributed by atoms with Crippen LogP contribution in [-0.4, -0.2) is 63.9 Å². The zero-order chi connectivity index (χ0) is 17.3. The molecule has 1 aromatic heterocycles. The van der Waals surface area contributed by atoms with Crippen LogP contribution in [0.1, 0.15) is 48.9 Å². The second kappa shape index (κ2) is 6.88. The predicted molar refractivity (Wildman–Crippen MR) is 88.6 cm³/mol. The highest BCUT2D eigenvalue weighted by molar-refractivity contribution is 5.97. The number of piperidine rings is 1. The van der Waals surface area contributed by atoms with Crippen molar-refractivity contribution in [2.75, 3.05) is 26.2 Å². The number of piperazine rings is 1. The summed E-state index contributed by atoms with van der Waals surface area (Å²) >= 11 is 0. The summed E-state index contributed by atoms with van der Waals surface area (Å²) in [7, 11) is 0. The molecule has 3 rings (SSSR count). The summed E-state index contributed by atoms with van der Waals surface area (Å²) in [5.74, 6) is -0.233. The van der Waals surface area contributed by atoms with Crippen LogP contribution < -0.4 is 10.6 Å². The van der Waals surface area contributed by atoms with E-state index in [0.717, 1.165) is 31.6 Å². The molecule has 0 bridgehead atoms. The molecule has 0 spiro atoms. The van der Waals surface area contributed by atoms with E-state index in [-0.39, 0.29) is 23.8 Å². The van der Waals surface area contributed by atoms with Gasteiger partial charge in [0.15, 0.2) is 5.69 Å². The van der Waals surface area contributed by atoms with Gasteiger partial charge in [-0.05, 0) is 38.8 Å². The van der Waals surface area contributed by atoms with Gasteiger partial charge in [0, 0.05) is 13.1 Å². The number of hydrogen-bond donors (Lipinski definition) is 2. The molecule has 8 nitrogen and oxygen atoms in total. The summed E-state index contributed by atoms with van der Waals surface area (Å²) in [5.41, 5.74) is 1.16. The smallest absolute Gasteiger partial charge is 0.277 e. The molecule has 2 N–H and O–H groups in total. The number of nitrogens with one attached hydrogen (secondary N) is 2. The zero-order valence-corrected chi connectivity index (χ0v) is 14.6. The quantitative estimate of drug-likeness (QED) is 0.818. The fourth-order valence-corrected chi connectivity index (χ4v) is 3.65. The van der Waals surface area contributed by atoms with Crippen LogP contribution in [0, 0.1) is 12.8 Å². The minimum atomic E-state index is -0.449. The monoisotopic (exact) mass is 334 g/mol. The molecule has 1 unspecified atom stereocenters. The molecule has 0 aliphatic carbocycles. The van der Waals surface area contributed by atoms with Gasteiger partial charge in [-0.15, -0.1) is 5.10 Å². The van der Waals surface area contributed by atoms with Crippen molar-refractivity contribution in [3.05, 3.63) is 11.4 Å². The van der Waals surface area contributed by atoms with Crippen LogP contribution in [0.4, 0.5) is 0 Å². The minimum Gasteiger partial charge on any atom is -0.353 e. The van der Waals surface area contributed by atoms with Crippen molar-refractivity contribution in [1.82, 2.24) is 30.5 Å². The van der Waals surface area contributed by atoms with Crippen LogP contribution in [0.15, 0.2) is 0 Å². The van der Waals surface area contributed by atoms with E-state index < -0.39 is 6.04 Å². The van der Waals surface area contributed by atoms with Crippen molar-refractivity contribution in [2.45, 2.75) is 45.7 Å². The molecule has 0 aromatic carbocycles. The van der Waals surface area contributed by atoms with E-state index in [2.05, 4.69) is 20.9 Å². The van der Waals surface area contributed by atoms with Crippen molar-refractivity contribution in [3.8, 4) is 0 Å². The maximum atomic E-state index is 13.0. The summed E-state index contributed by atoms with van der Waals surface area (Å²) < 4.78 is 1.88. The van der Waals surface area contributed by atoms with Crippen LogP contribution in [0.3, 0.4) is 0 Å². The molecule has 2 fully saturated rings. The first-order chi connectivity index (χ1) is 11.5. The highest BCUT2D eigenvalue weighted by atomic mass is 16.2. The molecule has 24 heavy (non-hydrogen) atoms. The number of hydrogen-bond acceptors (Lipinski definition) is 5. The standard InChI is InChI=1S/C16H26N6O2/c1-10(2)14-15(23)18-8-9-21(14)16(24)13-11(3)22(20-19-13)12-4-6-17-7-5-12/h10,12,14,17H,4-9H2,1-3H3,(H,18,23). The first-order valence-corrected chi connectivity index (χ1v) is 8.72. The first-order valence-electron chi connectivity index (χ1n) is 8.72. The van der Waals surface area contributed by atoms with Crippen molar-refractivity contribution in [3.63, 3.8) is 0 Å². The van der Waals surface area contributed by atoms with Crippen molar-refractivity contribution >= 4 is 11.8 Å². The zero-order valence-electron chi connectivity index (χ0n) is 14.6. The Labute approximate surface area is 142 Å². The lowest BCUT2D eigenvalue weighted by Crippen LogP contribution is -2.59. The lowest BCUT2D eigenvalue weighted by atomic mass is 9.99. The van der Waals surface area contributed by atoms with Gasteiger partial charge in [-0.2, -0.15) is 0 Å². The molecule has 0 radical (unpaired) electrons. The number of nitrogens with zero attached hydrogens (tertiary/aromatic N) is 4.